The summed E-state index contributed by atoms with van der Waals surface area (Å²) in [5.74, 6) is 1.30. The van der Waals surface area contributed by atoms with E-state index in [1.165, 1.54) is 19.3 Å². The van der Waals surface area contributed by atoms with Crippen molar-refractivity contribution in [1.82, 2.24) is 4.72 Å². The molecule has 0 spiro atoms. The Kier molecular flexibility index (Phi) is 3.24. The Hall–Kier alpha value is -0.390. The lowest BCUT2D eigenvalue weighted by Gasteiger charge is -2.22. The predicted molar refractivity (Wildman–Crippen MR) is 73.7 cm³/mol. The number of benzene rings is 1. The first-order valence-corrected chi connectivity index (χ1v) is 8.60. The van der Waals surface area contributed by atoms with Crippen LogP contribution in [0.3, 0.4) is 0 Å². The fraction of sp³-hybridized carbons (Fsp3) is 0.538. The Balaban J connectivity index is 1.77. The van der Waals surface area contributed by atoms with Crippen LogP contribution in [-0.2, 0) is 10.0 Å². The summed E-state index contributed by atoms with van der Waals surface area (Å²) < 4.78 is 28.3. The third-order valence-corrected chi connectivity index (χ3v) is 6.20. The molecule has 0 saturated heterocycles. The standard InChI is InChI=1S/C13H16BrNO2S/c14-11-3-5-12(6-4-11)18(16,17)15-13-8-9-1-2-10(13)7-9/h3-6,9-10,13,15H,1-2,7-8H2/t9-,10-,13-/m1/s1. The van der Waals surface area contributed by atoms with Crippen LogP contribution in [0.2, 0.25) is 0 Å². The van der Waals surface area contributed by atoms with Gasteiger partial charge in [-0.25, -0.2) is 13.1 Å². The zero-order chi connectivity index (χ0) is 12.8. The third kappa shape index (κ3) is 2.36. The molecule has 0 aliphatic heterocycles. The molecule has 0 radical (unpaired) electrons. The number of hydrogen-bond acceptors (Lipinski definition) is 2. The zero-order valence-corrected chi connectivity index (χ0v) is 12.4. The number of rotatable bonds is 3. The minimum absolute atomic E-state index is 0.150. The lowest BCUT2D eigenvalue weighted by Crippen LogP contribution is -2.38. The Morgan fingerprint density at radius 1 is 1.11 bits per heavy atom. The number of nitrogens with one attached hydrogen (secondary N) is 1. The van der Waals surface area contributed by atoms with Crippen LogP contribution in [0.5, 0.6) is 0 Å². The van der Waals surface area contributed by atoms with Gasteiger partial charge in [-0.1, -0.05) is 22.4 Å². The second kappa shape index (κ2) is 4.62. The topological polar surface area (TPSA) is 46.2 Å². The molecule has 3 atom stereocenters. The van der Waals surface area contributed by atoms with Gasteiger partial charge in [0.15, 0.2) is 0 Å². The van der Waals surface area contributed by atoms with Crippen LogP contribution in [0.15, 0.2) is 33.6 Å². The summed E-state index contributed by atoms with van der Waals surface area (Å²) in [6.07, 6.45) is 4.67. The molecule has 0 heterocycles. The fourth-order valence-electron chi connectivity index (χ4n) is 3.27. The van der Waals surface area contributed by atoms with E-state index >= 15 is 0 Å². The van der Waals surface area contributed by atoms with Gasteiger partial charge in [-0.3, -0.25) is 0 Å². The maximum atomic E-state index is 12.2. The van der Waals surface area contributed by atoms with Gasteiger partial charge in [-0.05, 0) is 55.4 Å². The van der Waals surface area contributed by atoms with Crippen molar-refractivity contribution < 1.29 is 8.42 Å². The van der Waals surface area contributed by atoms with E-state index in [4.69, 9.17) is 0 Å². The van der Waals surface area contributed by atoms with Crippen LogP contribution in [0.1, 0.15) is 25.7 Å². The van der Waals surface area contributed by atoms with E-state index < -0.39 is 10.0 Å². The SMILES string of the molecule is O=S(=O)(N[C@@H]1C[C@@H]2CC[C@@H]1C2)c1ccc(Br)cc1. The fourth-order valence-corrected chi connectivity index (χ4v) is 4.85. The van der Waals surface area contributed by atoms with Crippen LogP contribution in [0.25, 0.3) is 0 Å². The molecule has 2 aliphatic carbocycles. The van der Waals surface area contributed by atoms with Crippen molar-refractivity contribution in [1.29, 1.82) is 0 Å². The van der Waals surface area contributed by atoms with Gasteiger partial charge in [0.25, 0.3) is 0 Å². The average Bonchev–Trinajstić information content (AvgIpc) is 2.91. The summed E-state index contributed by atoms with van der Waals surface area (Å²) in [7, 11) is -3.35. The molecular formula is C13H16BrNO2S. The van der Waals surface area contributed by atoms with Crippen LogP contribution in [0, 0.1) is 11.8 Å². The minimum Gasteiger partial charge on any atom is -0.208 e. The van der Waals surface area contributed by atoms with Crippen molar-refractivity contribution >= 4 is 26.0 Å². The highest BCUT2D eigenvalue weighted by molar-refractivity contribution is 9.10. The molecule has 18 heavy (non-hydrogen) atoms. The van der Waals surface area contributed by atoms with E-state index in [2.05, 4.69) is 20.7 Å². The molecule has 1 aromatic rings. The molecule has 0 aromatic heterocycles. The van der Waals surface area contributed by atoms with Crippen molar-refractivity contribution in [2.75, 3.05) is 0 Å². The summed E-state index contributed by atoms with van der Waals surface area (Å²) in [5.41, 5.74) is 0. The molecule has 5 heteroatoms. The van der Waals surface area contributed by atoms with E-state index in [1.54, 1.807) is 24.3 Å². The Morgan fingerprint density at radius 2 is 1.83 bits per heavy atom. The minimum atomic E-state index is -3.35. The largest absolute Gasteiger partial charge is 0.240 e. The zero-order valence-electron chi connectivity index (χ0n) is 9.97. The third-order valence-electron chi connectivity index (χ3n) is 4.17. The first kappa shape index (κ1) is 12.6. The van der Waals surface area contributed by atoms with E-state index in [1.807, 2.05) is 0 Å². The molecule has 1 N–H and O–H groups in total. The number of hydrogen-bond donors (Lipinski definition) is 1. The lowest BCUT2D eigenvalue weighted by atomic mass is 9.96. The van der Waals surface area contributed by atoms with Gasteiger partial charge >= 0.3 is 0 Å². The van der Waals surface area contributed by atoms with Crippen LogP contribution in [-0.4, -0.2) is 14.5 Å². The summed E-state index contributed by atoms with van der Waals surface area (Å²) in [6, 6.07) is 6.95. The highest BCUT2D eigenvalue weighted by atomic mass is 79.9. The number of fused-ring (bicyclic) bond motifs is 2. The van der Waals surface area contributed by atoms with Gasteiger partial charge in [0.2, 0.25) is 10.0 Å². The normalized spacial score (nSPS) is 30.8. The highest BCUT2D eigenvalue weighted by Crippen LogP contribution is 2.44. The van der Waals surface area contributed by atoms with Crippen molar-refractivity contribution in [3.63, 3.8) is 0 Å². The first-order valence-electron chi connectivity index (χ1n) is 6.32. The summed E-state index contributed by atoms with van der Waals surface area (Å²) in [4.78, 5) is 0.355. The maximum Gasteiger partial charge on any atom is 0.240 e. The summed E-state index contributed by atoms with van der Waals surface area (Å²) in [6.45, 7) is 0. The molecule has 2 fully saturated rings. The first-order chi connectivity index (χ1) is 8.54. The van der Waals surface area contributed by atoms with Gasteiger partial charge in [0.05, 0.1) is 4.90 Å². The molecule has 98 valence electrons. The average molecular weight is 330 g/mol. The van der Waals surface area contributed by atoms with Gasteiger partial charge in [0, 0.05) is 10.5 Å². The molecule has 3 rings (SSSR count). The summed E-state index contributed by atoms with van der Waals surface area (Å²) in [5, 5.41) is 0. The quantitative estimate of drug-likeness (QED) is 0.926. The van der Waals surface area contributed by atoms with Gasteiger partial charge in [-0.15, -0.1) is 0 Å². The molecule has 2 aliphatic rings. The van der Waals surface area contributed by atoms with Crippen molar-refractivity contribution in [3.05, 3.63) is 28.7 Å². The second-order valence-electron chi connectivity index (χ2n) is 5.36. The van der Waals surface area contributed by atoms with E-state index in [0.29, 0.717) is 10.8 Å². The molecule has 3 nitrogen and oxygen atoms in total. The van der Waals surface area contributed by atoms with E-state index in [0.717, 1.165) is 16.8 Å². The molecule has 0 unspecified atom stereocenters. The molecular weight excluding hydrogens is 314 g/mol. The van der Waals surface area contributed by atoms with Crippen LogP contribution >= 0.6 is 15.9 Å². The lowest BCUT2D eigenvalue weighted by molar-refractivity contribution is 0.390. The second-order valence-corrected chi connectivity index (χ2v) is 7.99. The van der Waals surface area contributed by atoms with Crippen molar-refractivity contribution in [2.24, 2.45) is 11.8 Å². The van der Waals surface area contributed by atoms with Gasteiger partial charge in [0.1, 0.15) is 0 Å². The van der Waals surface area contributed by atoms with Gasteiger partial charge in [-0.2, -0.15) is 0 Å². The van der Waals surface area contributed by atoms with E-state index in [-0.39, 0.29) is 6.04 Å². The molecule has 2 saturated carbocycles. The Morgan fingerprint density at radius 3 is 2.39 bits per heavy atom. The smallest absolute Gasteiger partial charge is 0.208 e. The number of halogens is 1. The Labute approximate surface area is 116 Å². The molecule has 2 bridgehead atoms. The summed E-state index contributed by atoms with van der Waals surface area (Å²) >= 11 is 3.31. The van der Waals surface area contributed by atoms with Crippen molar-refractivity contribution in [3.8, 4) is 0 Å². The number of sulfonamides is 1. The van der Waals surface area contributed by atoms with Crippen LogP contribution in [0.4, 0.5) is 0 Å². The Bertz CT molecular complexity index is 541. The van der Waals surface area contributed by atoms with Gasteiger partial charge < -0.3 is 0 Å². The van der Waals surface area contributed by atoms with E-state index in [9.17, 15) is 8.42 Å². The van der Waals surface area contributed by atoms with Crippen molar-refractivity contribution in [2.45, 2.75) is 36.6 Å². The van der Waals surface area contributed by atoms with Crippen LogP contribution < -0.4 is 4.72 Å². The predicted octanol–water partition coefficient (Wildman–Crippen LogP) is 2.92. The monoisotopic (exact) mass is 329 g/mol. The highest BCUT2D eigenvalue weighted by Gasteiger charge is 2.41. The maximum absolute atomic E-state index is 12.2. The molecule has 1 aromatic carbocycles. The molecule has 0 amide bonds.